The number of carbonyl (C=O) groups is 1. The summed E-state index contributed by atoms with van der Waals surface area (Å²) in [6.45, 7) is 0. The molecule has 0 saturated carbocycles. The fourth-order valence-corrected chi connectivity index (χ4v) is 2.16. The van der Waals surface area contributed by atoms with Crippen molar-refractivity contribution in [1.82, 2.24) is 0 Å². The molecular formula is C18H12N2O. The van der Waals surface area contributed by atoms with Crippen molar-refractivity contribution in [1.29, 1.82) is 5.26 Å². The van der Waals surface area contributed by atoms with Gasteiger partial charge in [0, 0.05) is 11.3 Å². The Morgan fingerprint density at radius 1 is 0.905 bits per heavy atom. The second-order valence-corrected chi connectivity index (χ2v) is 4.71. The van der Waals surface area contributed by atoms with Gasteiger partial charge >= 0.3 is 0 Å². The van der Waals surface area contributed by atoms with Gasteiger partial charge in [-0.3, -0.25) is 4.79 Å². The molecule has 3 aromatic carbocycles. The molecule has 0 aliphatic heterocycles. The molecule has 3 heteroatoms. The van der Waals surface area contributed by atoms with Crippen LogP contribution >= 0.6 is 0 Å². The summed E-state index contributed by atoms with van der Waals surface area (Å²) in [4.78, 5) is 12.2. The second kappa shape index (κ2) is 5.48. The van der Waals surface area contributed by atoms with E-state index in [0.29, 0.717) is 16.8 Å². The highest BCUT2D eigenvalue weighted by atomic mass is 16.1. The van der Waals surface area contributed by atoms with Crippen LogP contribution in [0.4, 0.5) is 5.69 Å². The van der Waals surface area contributed by atoms with Crippen molar-refractivity contribution in [2.75, 3.05) is 5.32 Å². The molecule has 0 saturated heterocycles. The molecule has 21 heavy (non-hydrogen) atoms. The molecule has 1 N–H and O–H groups in total. The number of nitrogens with zero attached hydrogens (tertiary/aromatic N) is 1. The molecule has 0 atom stereocenters. The third-order valence-electron chi connectivity index (χ3n) is 3.28. The van der Waals surface area contributed by atoms with Crippen molar-refractivity contribution in [2.24, 2.45) is 0 Å². The van der Waals surface area contributed by atoms with E-state index >= 15 is 0 Å². The van der Waals surface area contributed by atoms with Gasteiger partial charge in [-0.05, 0) is 47.2 Å². The molecule has 100 valence electrons. The van der Waals surface area contributed by atoms with Crippen LogP contribution in [0.5, 0.6) is 0 Å². The number of nitriles is 1. The molecule has 0 radical (unpaired) electrons. The normalized spacial score (nSPS) is 10.0. The maximum absolute atomic E-state index is 12.2. The molecular weight excluding hydrogens is 260 g/mol. The number of benzene rings is 3. The molecule has 0 aliphatic carbocycles. The standard InChI is InChI=1S/C18H12N2O/c19-12-13-5-9-17(10-6-13)20-18(21)16-8-7-14-3-1-2-4-15(14)11-16/h1-11H,(H,20,21). The van der Waals surface area contributed by atoms with E-state index in [1.54, 1.807) is 30.3 Å². The highest BCUT2D eigenvalue weighted by Crippen LogP contribution is 2.17. The van der Waals surface area contributed by atoms with Crippen molar-refractivity contribution in [3.05, 3.63) is 77.9 Å². The Morgan fingerprint density at radius 3 is 2.33 bits per heavy atom. The van der Waals surface area contributed by atoms with Crippen molar-refractivity contribution >= 4 is 22.4 Å². The summed E-state index contributed by atoms with van der Waals surface area (Å²) >= 11 is 0. The van der Waals surface area contributed by atoms with Crippen molar-refractivity contribution < 1.29 is 4.79 Å². The number of rotatable bonds is 2. The molecule has 0 aliphatic rings. The first-order valence-corrected chi connectivity index (χ1v) is 6.56. The summed E-state index contributed by atoms with van der Waals surface area (Å²) in [6, 6.07) is 22.4. The maximum atomic E-state index is 12.2. The van der Waals surface area contributed by atoms with Gasteiger partial charge in [-0.15, -0.1) is 0 Å². The summed E-state index contributed by atoms with van der Waals surface area (Å²) in [5.74, 6) is -0.162. The maximum Gasteiger partial charge on any atom is 0.255 e. The highest BCUT2D eigenvalue weighted by molar-refractivity contribution is 6.06. The third-order valence-corrected chi connectivity index (χ3v) is 3.28. The van der Waals surface area contributed by atoms with Crippen molar-refractivity contribution in [3.8, 4) is 6.07 Å². The van der Waals surface area contributed by atoms with Crippen LogP contribution in [-0.4, -0.2) is 5.91 Å². The Hall–Kier alpha value is -3.12. The van der Waals surface area contributed by atoms with E-state index in [1.807, 2.05) is 42.5 Å². The third kappa shape index (κ3) is 2.75. The minimum atomic E-state index is -0.162. The topological polar surface area (TPSA) is 52.9 Å². The van der Waals surface area contributed by atoms with Gasteiger partial charge in [0.1, 0.15) is 0 Å². The van der Waals surface area contributed by atoms with Crippen LogP contribution in [0, 0.1) is 11.3 Å². The summed E-state index contributed by atoms with van der Waals surface area (Å²) in [5, 5.41) is 13.7. The molecule has 1 amide bonds. The fraction of sp³-hybridized carbons (Fsp3) is 0. The van der Waals surface area contributed by atoms with Gasteiger partial charge in [0.05, 0.1) is 11.6 Å². The van der Waals surface area contributed by atoms with Gasteiger partial charge in [-0.1, -0.05) is 30.3 Å². The molecule has 0 spiro atoms. The first-order valence-electron chi connectivity index (χ1n) is 6.56. The van der Waals surface area contributed by atoms with Crippen molar-refractivity contribution in [2.45, 2.75) is 0 Å². The van der Waals surface area contributed by atoms with Crippen LogP contribution in [0.2, 0.25) is 0 Å². The quantitative estimate of drug-likeness (QED) is 0.767. The van der Waals surface area contributed by atoms with Crippen LogP contribution in [0.15, 0.2) is 66.7 Å². The number of carbonyl (C=O) groups excluding carboxylic acids is 1. The summed E-state index contributed by atoms with van der Waals surface area (Å²) < 4.78 is 0. The fourth-order valence-electron chi connectivity index (χ4n) is 2.16. The largest absolute Gasteiger partial charge is 0.322 e. The van der Waals surface area contributed by atoms with Gasteiger partial charge in [-0.25, -0.2) is 0 Å². The average molecular weight is 272 g/mol. The Bertz CT molecular complexity index is 845. The lowest BCUT2D eigenvalue weighted by atomic mass is 10.1. The van der Waals surface area contributed by atoms with E-state index < -0.39 is 0 Å². The van der Waals surface area contributed by atoms with Gasteiger partial charge in [0.25, 0.3) is 5.91 Å². The molecule has 3 aromatic rings. The SMILES string of the molecule is N#Cc1ccc(NC(=O)c2ccc3ccccc3c2)cc1. The van der Waals surface area contributed by atoms with Crippen LogP contribution in [0.25, 0.3) is 10.8 Å². The Labute approximate surface area is 122 Å². The molecule has 0 fully saturated rings. The minimum absolute atomic E-state index is 0.162. The minimum Gasteiger partial charge on any atom is -0.322 e. The molecule has 0 heterocycles. The monoisotopic (exact) mass is 272 g/mol. The number of hydrogen-bond donors (Lipinski definition) is 1. The van der Waals surface area contributed by atoms with E-state index in [9.17, 15) is 4.79 Å². The Morgan fingerprint density at radius 2 is 1.62 bits per heavy atom. The zero-order chi connectivity index (χ0) is 14.7. The Balaban J connectivity index is 1.84. The second-order valence-electron chi connectivity index (χ2n) is 4.71. The van der Waals surface area contributed by atoms with Crippen molar-refractivity contribution in [3.63, 3.8) is 0 Å². The van der Waals surface area contributed by atoms with Gasteiger partial charge in [-0.2, -0.15) is 5.26 Å². The van der Waals surface area contributed by atoms with E-state index in [0.717, 1.165) is 10.8 Å². The zero-order valence-electron chi connectivity index (χ0n) is 11.2. The summed E-state index contributed by atoms with van der Waals surface area (Å²) in [6.07, 6.45) is 0. The van der Waals surface area contributed by atoms with E-state index in [1.165, 1.54) is 0 Å². The number of fused-ring (bicyclic) bond motifs is 1. The zero-order valence-corrected chi connectivity index (χ0v) is 11.2. The lowest BCUT2D eigenvalue weighted by Crippen LogP contribution is -2.11. The van der Waals surface area contributed by atoms with E-state index in [2.05, 4.69) is 5.32 Å². The van der Waals surface area contributed by atoms with Gasteiger partial charge < -0.3 is 5.32 Å². The molecule has 0 aromatic heterocycles. The van der Waals surface area contributed by atoms with Gasteiger partial charge in [0.15, 0.2) is 0 Å². The number of amides is 1. The molecule has 0 unspecified atom stereocenters. The lowest BCUT2D eigenvalue weighted by Gasteiger charge is -2.06. The first kappa shape index (κ1) is 12.9. The van der Waals surface area contributed by atoms with E-state index in [-0.39, 0.29) is 5.91 Å². The number of nitrogens with one attached hydrogen (secondary N) is 1. The lowest BCUT2D eigenvalue weighted by molar-refractivity contribution is 0.102. The summed E-state index contributed by atoms with van der Waals surface area (Å²) in [7, 11) is 0. The first-order chi connectivity index (χ1) is 10.3. The smallest absolute Gasteiger partial charge is 0.255 e. The van der Waals surface area contributed by atoms with Crippen LogP contribution < -0.4 is 5.32 Å². The van der Waals surface area contributed by atoms with Crippen LogP contribution in [0.3, 0.4) is 0 Å². The Kier molecular flexibility index (Phi) is 3.36. The van der Waals surface area contributed by atoms with Crippen LogP contribution in [-0.2, 0) is 0 Å². The molecule has 3 rings (SSSR count). The number of anilines is 1. The predicted molar refractivity (Wildman–Crippen MR) is 83.1 cm³/mol. The van der Waals surface area contributed by atoms with Gasteiger partial charge in [0.2, 0.25) is 0 Å². The molecule has 0 bridgehead atoms. The highest BCUT2D eigenvalue weighted by Gasteiger charge is 2.06. The van der Waals surface area contributed by atoms with E-state index in [4.69, 9.17) is 5.26 Å². The predicted octanol–water partition coefficient (Wildman–Crippen LogP) is 3.96. The summed E-state index contributed by atoms with van der Waals surface area (Å²) in [5.41, 5.74) is 1.85. The number of hydrogen-bond acceptors (Lipinski definition) is 2. The average Bonchev–Trinajstić information content (AvgIpc) is 2.55. The van der Waals surface area contributed by atoms with Crippen LogP contribution in [0.1, 0.15) is 15.9 Å². The molecule has 3 nitrogen and oxygen atoms in total.